The molecule has 0 aromatic heterocycles. The van der Waals surface area contributed by atoms with E-state index in [0.717, 1.165) is 22.8 Å². The summed E-state index contributed by atoms with van der Waals surface area (Å²) in [6, 6.07) is 14.1. The Labute approximate surface area is 118 Å². The summed E-state index contributed by atoms with van der Waals surface area (Å²) < 4.78 is 4.49. The van der Waals surface area contributed by atoms with Gasteiger partial charge in [0.15, 0.2) is 0 Å². The molecule has 20 heavy (non-hydrogen) atoms. The minimum absolute atomic E-state index is 0.0349. The zero-order chi connectivity index (χ0) is 14.5. The first-order valence-electron chi connectivity index (χ1n) is 6.76. The summed E-state index contributed by atoms with van der Waals surface area (Å²) in [5.74, 6) is -1.19. The van der Waals surface area contributed by atoms with E-state index in [0.29, 0.717) is 0 Å². The smallest absolute Gasteiger partial charge is 0.374 e. The summed E-state index contributed by atoms with van der Waals surface area (Å²) >= 11 is 0. The van der Waals surface area contributed by atoms with Crippen molar-refractivity contribution < 1.29 is 14.3 Å². The van der Waals surface area contributed by atoms with Crippen molar-refractivity contribution in [2.75, 3.05) is 7.11 Å². The molecule has 0 saturated heterocycles. The molecule has 2 aromatic carbocycles. The van der Waals surface area contributed by atoms with Crippen LogP contribution in [0, 0.1) is 0 Å². The lowest BCUT2D eigenvalue weighted by Gasteiger charge is -2.16. The van der Waals surface area contributed by atoms with Gasteiger partial charge in [-0.3, -0.25) is 4.79 Å². The monoisotopic (exact) mass is 270 g/mol. The van der Waals surface area contributed by atoms with E-state index in [1.54, 1.807) is 0 Å². The highest BCUT2D eigenvalue weighted by molar-refractivity contribution is 6.33. The zero-order valence-corrected chi connectivity index (χ0v) is 11.8. The second-order valence-electron chi connectivity index (χ2n) is 4.79. The summed E-state index contributed by atoms with van der Waals surface area (Å²) in [4.78, 5) is 23.1. The number of hydrogen-bond acceptors (Lipinski definition) is 3. The number of carbonyl (C=O) groups excluding carboxylic acids is 2. The Kier molecular flexibility index (Phi) is 4.51. The fourth-order valence-electron chi connectivity index (χ4n) is 2.50. The van der Waals surface area contributed by atoms with Gasteiger partial charge >= 0.3 is 5.97 Å². The van der Waals surface area contributed by atoms with Crippen LogP contribution >= 0.6 is 0 Å². The van der Waals surface area contributed by atoms with Crippen molar-refractivity contribution in [3.8, 4) is 0 Å². The van der Waals surface area contributed by atoms with Crippen molar-refractivity contribution in [1.29, 1.82) is 0 Å². The van der Waals surface area contributed by atoms with E-state index >= 15 is 0 Å². The Balaban J connectivity index is 2.35. The molecule has 0 fully saturated rings. The van der Waals surface area contributed by atoms with Crippen LogP contribution in [-0.2, 0) is 14.3 Å². The Morgan fingerprint density at radius 2 is 1.80 bits per heavy atom. The maximum absolute atomic E-state index is 11.8. The highest BCUT2D eigenvalue weighted by Crippen LogP contribution is 2.30. The highest BCUT2D eigenvalue weighted by Gasteiger charge is 2.21. The minimum Gasteiger partial charge on any atom is -0.463 e. The fourth-order valence-corrected chi connectivity index (χ4v) is 2.50. The fraction of sp³-hybridized carbons (Fsp3) is 0.294. The van der Waals surface area contributed by atoms with Crippen LogP contribution in [0.4, 0.5) is 0 Å². The van der Waals surface area contributed by atoms with E-state index in [2.05, 4.69) is 10.8 Å². The largest absolute Gasteiger partial charge is 0.463 e. The average molecular weight is 270 g/mol. The summed E-state index contributed by atoms with van der Waals surface area (Å²) in [5.41, 5.74) is 1.11. The predicted molar refractivity (Wildman–Crippen MR) is 78.6 cm³/mol. The standard InChI is InChI=1S/C17H18O3/c1-3-12(11-16(18)17(19)20-2)14-10-6-8-13-7-4-5-9-15(13)14/h4-10,12H,3,11H2,1-2H3. The quantitative estimate of drug-likeness (QED) is 0.617. The van der Waals surface area contributed by atoms with Crippen molar-refractivity contribution in [3.05, 3.63) is 48.0 Å². The van der Waals surface area contributed by atoms with Gasteiger partial charge in [-0.1, -0.05) is 49.4 Å². The molecule has 2 rings (SSSR count). The van der Waals surface area contributed by atoms with Gasteiger partial charge in [0, 0.05) is 6.42 Å². The molecule has 0 bridgehead atoms. The lowest BCUT2D eigenvalue weighted by molar-refractivity contribution is -0.151. The van der Waals surface area contributed by atoms with Crippen molar-refractivity contribution in [3.63, 3.8) is 0 Å². The Hall–Kier alpha value is -2.16. The van der Waals surface area contributed by atoms with E-state index in [-0.39, 0.29) is 12.3 Å². The molecule has 0 aliphatic carbocycles. The number of ketones is 1. The molecule has 2 aromatic rings. The van der Waals surface area contributed by atoms with Gasteiger partial charge in [0.25, 0.3) is 0 Å². The van der Waals surface area contributed by atoms with Crippen LogP contribution in [0.15, 0.2) is 42.5 Å². The number of esters is 1. The second-order valence-corrected chi connectivity index (χ2v) is 4.79. The number of rotatable bonds is 5. The molecule has 104 valence electrons. The molecular formula is C17H18O3. The normalized spacial score (nSPS) is 12.1. The van der Waals surface area contributed by atoms with Gasteiger partial charge in [0.1, 0.15) is 0 Å². The molecule has 0 spiro atoms. The van der Waals surface area contributed by atoms with E-state index in [4.69, 9.17) is 0 Å². The van der Waals surface area contributed by atoms with Gasteiger partial charge < -0.3 is 4.74 Å². The predicted octanol–water partition coefficient (Wildman–Crippen LogP) is 3.47. The van der Waals surface area contributed by atoms with Crippen LogP contribution in [-0.4, -0.2) is 18.9 Å². The van der Waals surface area contributed by atoms with Gasteiger partial charge in [-0.15, -0.1) is 0 Å². The van der Waals surface area contributed by atoms with Gasteiger partial charge in [-0.2, -0.15) is 0 Å². The highest BCUT2D eigenvalue weighted by atomic mass is 16.5. The number of ether oxygens (including phenoxy) is 1. The van der Waals surface area contributed by atoms with E-state index in [9.17, 15) is 9.59 Å². The molecular weight excluding hydrogens is 252 g/mol. The Morgan fingerprint density at radius 3 is 2.50 bits per heavy atom. The molecule has 0 saturated carbocycles. The van der Waals surface area contributed by atoms with E-state index < -0.39 is 11.8 Å². The SMILES string of the molecule is CCC(CC(=O)C(=O)OC)c1cccc2ccccc12. The Morgan fingerprint density at radius 1 is 1.10 bits per heavy atom. The van der Waals surface area contributed by atoms with Crippen LogP contribution in [0.2, 0.25) is 0 Å². The number of fused-ring (bicyclic) bond motifs is 1. The van der Waals surface area contributed by atoms with Gasteiger partial charge in [-0.25, -0.2) is 4.79 Å². The van der Waals surface area contributed by atoms with Gasteiger partial charge in [-0.05, 0) is 28.7 Å². The van der Waals surface area contributed by atoms with Crippen LogP contribution in [0.1, 0.15) is 31.2 Å². The average Bonchev–Trinajstić information content (AvgIpc) is 2.51. The van der Waals surface area contributed by atoms with E-state index in [1.807, 2.05) is 43.3 Å². The molecule has 1 atom stereocenters. The first kappa shape index (κ1) is 14.3. The third-order valence-corrected chi connectivity index (χ3v) is 3.60. The van der Waals surface area contributed by atoms with Crippen molar-refractivity contribution >= 4 is 22.5 Å². The number of benzene rings is 2. The lowest BCUT2D eigenvalue weighted by Crippen LogP contribution is -2.18. The summed E-state index contributed by atoms with van der Waals surface area (Å²) in [7, 11) is 1.24. The molecule has 0 amide bonds. The van der Waals surface area contributed by atoms with Crippen LogP contribution in [0.3, 0.4) is 0 Å². The summed E-state index contributed by atoms with van der Waals surface area (Å²) in [6.45, 7) is 2.02. The van der Waals surface area contributed by atoms with Crippen molar-refractivity contribution in [1.82, 2.24) is 0 Å². The number of carbonyl (C=O) groups is 2. The first-order valence-corrected chi connectivity index (χ1v) is 6.76. The molecule has 1 unspecified atom stereocenters. The van der Waals surface area contributed by atoms with Crippen LogP contribution < -0.4 is 0 Å². The number of hydrogen-bond donors (Lipinski definition) is 0. The van der Waals surface area contributed by atoms with Crippen LogP contribution in [0.25, 0.3) is 10.8 Å². The van der Waals surface area contributed by atoms with Crippen molar-refractivity contribution in [2.45, 2.75) is 25.7 Å². The second kappa shape index (κ2) is 6.33. The molecule has 3 heteroatoms. The van der Waals surface area contributed by atoms with E-state index in [1.165, 1.54) is 7.11 Å². The Bertz CT molecular complexity index is 626. The molecule has 0 N–H and O–H groups in total. The lowest BCUT2D eigenvalue weighted by atomic mass is 9.88. The number of methoxy groups -OCH3 is 1. The van der Waals surface area contributed by atoms with Crippen LogP contribution in [0.5, 0.6) is 0 Å². The van der Waals surface area contributed by atoms with Crippen molar-refractivity contribution in [2.24, 2.45) is 0 Å². The van der Waals surface area contributed by atoms with Gasteiger partial charge in [0.05, 0.1) is 7.11 Å². The maximum atomic E-state index is 11.8. The third-order valence-electron chi connectivity index (χ3n) is 3.60. The maximum Gasteiger partial charge on any atom is 0.374 e. The number of Topliss-reactive ketones (excluding diaryl/α,β-unsaturated/α-hetero) is 1. The molecule has 0 radical (unpaired) electrons. The summed E-state index contributed by atoms with van der Waals surface area (Å²) in [5, 5.41) is 2.29. The topological polar surface area (TPSA) is 43.4 Å². The van der Waals surface area contributed by atoms with Gasteiger partial charge in [0.2, 0.25) is 5.78 Å². The molecule has 0 aliphatic rings. The first-order chi connectivity index (χ1) is 9.67. The summed E-state index contributed by atoms with van der Waals surface area (Å²) in [6.07, 6.45) is 0.994. The third kappa shape index (κ3) is 2.87. The molecule has 3 nitrogen and oxygen atoms in total. The minimum atomic E-state index is -0.760. The molecule has 0 heterocycles. The zero-order valence-electron chi connectivity index (χ0n) is 11.8. The molecule has 0 aliphatic heterocycles.